The lowest BCUT2D eigenvalue weighted by molar-refractivity contribution is 0.0348. The molecular formula is C16H19NO4. The van der Waals surface area contributed by atoms with E-state index in [1.165, 1.54) is 0 Å². The lowest BCUT2D eigenvalue weighted by atomic mass is 10.1. The molecule has 2 aromatic carbocycles. The highest BCUT2D eigenvalue weighted by Crippen LogP contribution is 2.22. The number of hydroxylamine groups is 1. The Kier molecular flexibility index (Phi) is 5.40. The summed E-state index contributed by atoms with van der Waals surface area (Å²) >= 11 is 0. The number of benzene rings is 2. The van der Waals surface area contributed by atoms with Gasteiger partial charge in [0.1, 0.15) is 5.75 Å². The monoisotopic (exact) mass is 289 g/mol. The molecule has 0 saturated carbocycles. The van der Waals surface area contributed by atoms with Gasteiger partial charge in [0, 0.05) is 6.42 Å². The summed E-state index contributed by atoms with van der Waals surface area (Å²) in [6.45, 7) is 2.49. The van der Waals surface area contributed by atoms with E-state index < -0.39 is 6.09 Å². The number of hydrogen-bond donors (Lipinski definition) is 1. The largest absolute Gasteiger partial charge is 0.497 e. The standard InChI is InChI=1S/C16H19NO4/c1-3-21-17-16(18)20-9-8-12-4-5-14-11-15(19-2)7-6-13(14)10-12/h4-7,10-11H,3,8-9H2,1-2H3,(H,17,18). The lowest BCUT2D eigenvalue weighted by Crippen LogP contribution is -2.25. The van der Waals surface area contributed by atoms with Gasteiger partial charge in [0.15, 0.2) is 0 Å². The molecule has 0 aliphatic carbocycles. The Morgan fingerprint density at radius 2 is 1.90 bits per heavy atom. The molecule has 0 atom stereocenters. The third-order valence-corrected chi connectivity index (χ3v) is 3.04. The molecule has 0 radical (unpaired) electrons. The van der Waals surface area contributed by atoms with Crippen molar-refractivity contribution in [3.8, 4) is 5.75 Å². The Balaban J connectivity index is 1.92. The second-order valence-corrected chi connectivity index (χ2v) is 4.47. The smallest absolute Gasteiger partial charge is 0.431 e. The summed E-state index contributed by atoms with van der Waals surface area (Å²) in [4.78, 5) is 15.9. The molecule has 0 unspecified atom stereocenters. The second kappa shape index (κ2) is 7.50. The Bertz CT molecular complexity index is 612. The van der Waals surface area contributed by atoms with Crippen LogP contribution in [0.2, 0.25) is 0 Å². The van der Waals surface area contributed by atoms with Crippen LogP contribution in [-0.4, -0.2) is 26.4 Å². The van der Waals surface area contributed by atoms with E-state index in [0.29, 0.717) is 19.6 Å². The molecular weight excluding hydrogens is 270 g/mol. The minimum atomic E-state index is -0.567. The van der Waals surface area contributed by atoms with Crippen LogP contribution in [0.3, 0.4) is 0 Å². The highest BCUT2D eigenvalue weighted by Gasteiger charge is 2.03. The van der Waals surface area contributed by atoms with Crippen LogP contribution >= 0.6 is 0 Å². The first-order valence-corrected chi connectivity index (χ1v) is 6.84. The average Bonchev–Trinajstić information content (AvgIpc) is 2.52. The predicted molar refractivity (Wildman–Crippen MR) is 80.3 cm³/mol. The molecule has 5 nitrogen and oxygen atoms in total. The van der Waals surface area contributed by atoms with Crippen LogP contribution in [0, 0.1) is 0 Å². The third-order valence-electron chi connectivity index (χ3n) is 3.04. The number of carbonyl (C=O) groups excluding carboxylic acids is 1. The summed E-state index contributed by atoms with van der Waals surface area (Å²) in [5, 5.41) is 2.25. The van der Waals surface area contributed by atoms with Crippen molar-refractivity contribution in [3.05, 3.63) is 42.0 Å². The van der Waals surface area contributed by atoms with Crippen LogP contribution in [0.4, 0.5) is 4.79 Å². The summed E-state index contributed by atoms with van der Waals surface area (Å²) < 4.78 is 10.2. The van der Waals surface area contributed by atoms with Crippen LogP contribution in [0.25, 0.3) is 10.8 Å². The zero-order chi connectivity index (χ0) is 15.1. The molecule has 0 saturated heterocycles. The average molecular weight is 289 g/mol. The van der Waals surface area contributed by atoms with Crippen LogP contribution in [0.5, 0.6) is 5.75 Å². The molecule has 2 aromatic rings. The fourth-order valence-corrected chi connectivity index (χ4v) is 1.98. The second-order valence-electron chi connectivity index (χ2n) is 4.47. The third kappa shape index (κ3) is 4.36. The molecule has 1 N–H and O–H groups in total. The van der Waals surface area contributed by atoms with Gasteiger partial charge >= 0.3 is 6.09 Å². The van der Waals surface area contributed by atoms with Crippen molar-refractivity contribution in [1.29, 1.82) is 0 Å². The van der Waals surface area contributed by atoms with Crippen LogP contribution < -0.4 is 10.2 Å². The van der Waals surface area contributed by atoms with Crippen LogP contribution in [0.15, 0.2) is 36.4 Å². The van der Waals surface area contributed by atoms with Gasteiger partial charge in [-0.25, -0.2) is 4.79 Å². The summed E-state index contributed by atoms with van der Waals surface area (Å²) in [5.74, 6) is 0.839. The molecule has 0 fully saturated rings. The number of methoxy groups -OCH3 is 1. The highest BCUT2D eigenvalue weighted by molar-refractivity contribution is 5.84. The minimum absolute atomic E-state index is 0.306. The number of amides is 1. The molecule has 21 heavy (non-hydrogen) atoms. The maximum Gasteiger partial charge on any atom is 0.431 e. The molecule has 0 aliphatic heterocycles. The first kappa shape index (κ1) is 15.1. The summed E-state index contributed by atoms with van der Waals surface area (Å²) in [6, 6.07) is 12.1. The van der Waals surface area contributed by atoms with Crippen LogP contribution in [-0.2, 0) is 16.0 Å². The summed E-state index contributed by atoms with van der Waals surface area (Å²) in [5.41, 5.74) is 3.29. The fourth-order valence-electron chi connectivity index (χ4n) is 1.98. The van der Waals surface area contributed by atoms with E-state index in [4.69, 9.17) is 14.3 Å². The van der Waals surface area contributed by atoms with Gasteiger partial charge in [-0.15, -0.1) is 0 Å². The van der Waals surface area contributed by atoms with Crippen molar-refractivity contribution in [2.24, 2.45) is 0 Å². The highest BCUT2D eigenvalue weighted by atomic mass is 16.7. The quantitative estimate of drug-likeness (QED) is 0.830. The topological polar surface area (TPSA) is 56.8 Å². The zero-order valence-electron chi connectivity index (χ0n) is 12.2. The molecule has 0 aromatic heterocycles. The van der Waals surface area contributed by atoms with Crippen molar-refractivity contribution in [3.63, 3.8) is 0 Å². The van der Waals surface area contributed by atoms with E-state index in [1.54, 1.807) is 14.0 Å². The first-order chi connectivity index (χ1) is 10.2. The Morgan fingerprint density at radius 3 is 2.67 bits per heavy atom. The fraction of sp³-hybridized carbons (Fsp3) is 0.312. The summed E-state index contributed by atoms with van der Waals surface area (Å²) in [6.07, 6.45) is 0.0870. The van der Waals surface area contributed by atoms with Gasteiger partial charge in [0.05, 0.1) is 20.3 Å². The first-order valence-electron chi connectivity index (χ1n) is 6.84. The molecule has 112 valence electrons. The molecule has 0 bridgehead atoms. The number of carbonyl (C=O) groups is 1. The van der Waals surface area contributed by atoms with Gasteiger partial charge < -0.3 is 9.47 Å². The van der Waals surface area contributed by atoms with Gasteiger partial charge in [-0.2, -0.15) is 5.48 Å². The van der Waals surface area contributed by atoms with Crippen LogP contribution in [0.1, 0.15) is 12.5 Å². The molecule has 2 rings (SSSR count). The van der Waals surface area contributed by atoms with Crippen molar-refractivity contribution in [1.82, 2.24) is 5.48 Å². The Morgan fingerprint density at radius 1 is 1.14 bits per heavy atom. The SMILES string of the molecule is CCONC(=O)OCCc1ccc2cc(OC)ccc2c1. The zero-order valence-corrected chi connectivity index (χ0v) is 12.2. The Labute approximate surface area is 123 Å². The molecule has 1 amide bonds. The number of nitrogens with one attached hydrogen (secondary N) is 1. The van der Waals surface area contributed by atoms with E-state index >= 15 is 0 Å². The molecule has 5 heteroatoms. The number of hydrogen-bond acceptors (Lipinski definition) is 4. The molecule has 0 aliphatic rings. The van der Waals surface area contributed by atoms with Gasteiger partial charge in [0.2, 0.25) is 0 Å². The maximum atomic E-state index is 11.2. The van der Waals surface area contributed by atoms with E-state index in [1.807, 2.05) is 30.3 Å². The van der Waals surface area contributed by atoms with Gasteiger partial charge in [0.25, 0.3) is 0 Å². The number of fused-ring (bicyclic) bond motifs is 1. The van der Waals surface area contributed by atoms with E-state index in [9.17, 15) is 4.79 Å². The van der Waals surface area contributed by atoms with E-state index in [-0.39, 0.29) is 0 Å². The van der Waals surface area contributed by atoms with Crippen molar-refractivity contribution >= 4 is 16.9 Å². The number of ether oxygens (including phenoxy) is 2. The van der Waals surface area contributed by atoms with Crippen molar-refractivity contribution in [2.75, 3.05) is 20.3 Å². The maximum absolute atomic E-state index is 11.2. The van der Waals surface area contributed by atoms with Gasteiger partial charge in [-0.05, 0) is 35.4 Å². The summed E-state index contributed by atoms with van der Waals surface area (Å²) in [7, 11) is 1.65. The van der Waals surface area contributed by atoms with Crippen molar-refractivity contribution in [2.45, 2.75) is 13.3 Å². The van der Waals surface area contributed by atoms with Crippen molar-refractivity contribution < 1.29 is 19.1 Å². The van der Waals surface area contributed by atoms with E-state index in [0.717, 1.165) is 22.1 Å². The predicted octanol–water partition coefficient (Wildman–Crippen LogP) is 3.07. The van der Waals surface area contributed by atoms with Gasteiger partial charge in [-0.1, -0.05) is 24.3 Å². The molecule has 0 spiro atoms. The molecule has 0 heterocycles. The number of rotatable bonds is 6. The Hall–Kier alpha value is -2.27. The van der Waals surface area contributed by atoms with Gasteiger partial charge in [-0.3, -0.25) is 4.84 Å². The van der Waals surface area contributed by atoms with E-state index in [2.05, 4.69) is 11.5 Å². The normalized spacial score (nSPS) is 10.4. The lowest BCUT2D eigenvalue weighted by Gasteiger charge is -2.07. The minimum Gasteiger partial charge on any atom is -0.497 e.